The Morgan fingerprint density at radius 3 is 2.48 bits per heavy atom. The first-order valence-electron chi connectivity index (χ1n) is 18.0. The summed E-state index contributed by atoms with van der Waals surface area (Å²) in [6.07, 6.45) is 2.46. The predicted molar refractivity (Wildman–Crippen MR) is 208 cm³/mol. The van der Waals surface area contributed by atoms with Crippen molar-refractivity contribution in [1.29, 1.82) is 0 Å². The number of aryl methyl sites for hydroxylation is 1. The van der Waals surface area contributed by atoms with Crippen LogP contribution in [-0.2, 0) is 16.1 Å². The quantitative estimate of drug-likeness (QED) is 0.0430. The number of pyridine rings is 2. The summed E-state index contributed by atoms with van der Waals surface area (Å²) in [4.78, 5) is 53.5. The largest absolute Gasteiger partial charge is 0.494 e. The molecule has 0 aliphatic carbocycles. The van der Waals surface area contributed by atoms with Gasteiger partial charge in [0.15, 0.2) is 11.6 Å². The molecule has 6 aromatic rings. The fourth-order valence-corrected chi connectivity index (χ4v) is 5.80. The number of hydrogen-bond donors (Lipinski definition) is 4. The minimum atomic E-state index is -0.871. The van der Waals surface area contributed by atoms with E-state index in [2.05, 4.69) is 20.6 Å². The van der Waals surface area contributed by atoms with Gasteiger partial charge >= 0.3 is 5.97 Å². The maximum atomic E-state index is 15.2. The van der Waals surface area contributed by atoms with E-state index in [9.17, 15) is 14.4 Å². The first kappa shape index (κ1) is 39.0. The average molecular weight is 761 g/mol. The Kier molecular flexibility index (Phi) is 13.0. The van der Waals surface area contributed by atoms with E-state index in [0.29, 0.717) is 66.0 Å². The number of hydrogen-bond acceptors (Lipinski definition) is 11. The van der Waals surface area contributed by atoms with Gasteiger partial charge in [0, 0.05) is 28.6 Å². The van der Waals surface area contributed by atoms with Crippen molar-refractivity contribution in [3.8, 4) is 34.1 Å². The molecule has 3 aromatic heterocycles. The molecule has 3 aromatic carbocycles. The molecule has 288 valence electrons. The van der Waals surface area contributed by atoms with Crippen LogP contribution in [0.1, 0.15) is 52.0 Å². The maximum Gasteiger partial charge on any atom is 0.341 e. The van der Waals surface area contributed by atoms with E-state index in [1.165, 1.54) is 25.1 Å². The smallest absolute Gasteiger partial charge is 0.341 e. The van der Waals surface area contributed by atoms with Crippen LogP contribution in [0.25, 0.3) is 33.5 Å². The summed E-state index contributed by atoms with van der Waals surface area (Å²) < 4.78 is 31.7. The van der Waals surface area contributed by atoms with Crippen molar-refractivity contribution in [3.05, 3.63) is 120 Å². The van der Waals surface area contributed by atoms with E-state index in [1.807, 2.05) is 49.4 Å². The summed E-state index contributed by atoms with van der Waals surface area (Å²) in [5.74, 6) is -0.100. The number of benzene rings is 3. The van der Waals surface area contributed by atoms with E-state index in [4.69, 9.17) is 29.3 Å². The van der Waals surface area contributed by atoms with Gasteiger partial charge in [-0.15, -0.1) is 0 Å². The van der Waals surface area contributed by atoms with Crippen LogP contribution < -0.4 is 20.1 Å². The van der Waals surface area contributed by atoms with E-state index < -0.39 is 11.8 Å². The van der Waals surface area contributed by atoms with Gasteiger partial charge in [0.25, 0.3) is 0 Å². The zero-order valence-corrected chi connectivity index (χ0v) is 30.9. The molecule has 0 aliphatic heterocycles. The lowest BCUT2D eigenvalue weighted by Crippen LogP contribution is -2.28. The Morgan fingerprint density at radius 1 is 0.893 bits per heavy atom. The monoisotopic (exact) mass is 760 g/mol. The van der Waals surface area contributed by atoms with Gasteiger partial charge in [0.05, 0.1) is 66.3 Å². The normalized spacial score (nSPS) is 10.9. The summed E-state index contributed by atoms with van der Waals surface area (Å²) in [5, 5.41) is 15.6. The number of imidazole rings is 1. The fourth-order valence-electron chi connectivity index (χ4n) is 5.80. The Morgan fingerprint density at radius 2 is 1.70 bits per heavy atom. The number of anilines is 1. The van der Waals surface area contributed by atoms with Crippen molar-refractivity contribution in [2.75, 3.05) is 38.3 Å². The number of carbonyl (C=O) groups excluding carboxylic acids is 3. The first-order valence-corrected chi connectivity index (χ1v) is 18.0. The molecule has 3 heterocycles. The molecule has 6 rings (SSSR count). The number of ether oxygens (including phenoxy) is 3. The molecule has 0 bridgehead atoms. The summed E-state index contributed by atoms with van der Waals surface area (Å²) in [7, 11) is 0. The summed E-state index contributed by atoms with van der Waals surface area (Å²) in [6.45, 7) is 3.82. The number of halogens is 1. The van der Waals surface area contributed by atoms with Crippen LogP contribution in [0.4, 0.5) is 10.1 Å². The Bertz CT molecular complexity index is 2330. The second kappa shape index (κ2) is 18.6. The van der Waals surface area contributed by atoms with Crippen molar-refractivity contribution < 1.29 is 38.1 Å². The van der Waals surface area contributed by atoms with Crippen LogP contribution >= 0.6 is 0 Å². The number of nitrogens with zero attached hydrogens (tertiary/aromatic N) is 3. The zero-order valence-electron chi connectivity index (χ0n) is 30.9. The Hall–Kier alpha value is -6.67. The number of aliphatic hydroxyl groups is 1. The number of ketones is 1. The van der Waals surface area contributed by atoms with Crippen LogP contribution in [0.15, 0.2) is 91.1 Å². The van der Waals surface area contributed by atoms with Crippen LogP contribution in [-0.4, -0.2) is 75.7 Å². The highest BCUT2D eigenvalue weighted by atomic mass is 19.1. The Labute approximate surface area is 322 Å². The molecular formula is C42H41FN6O7. The second-order valence-electron chi connectivity index (χ2n) is 12.8. The lowest BCUT2D eigenvalue weighted by molar-refractivity contribution is -0.121. The lowest BCUT2D eigenvalue weighted by atomic mass is 10.1. The van der Waals surface area contributed by atoms with Gasteiger partial charge in [-0.05, 0) is 87.0 Å². The van der Waals surface area contributed by atoms with E-state index >= 15 is 4.39 Å². The number of carbonyl (C=O) groups is 3. The number of Topliss-reactive ketones (excluding diaryl/α,β-unsaturated/α-hetero) is 1. The molecule has 0 spiro atoms. The molecule has 13 nitrogen and oxygen atoms in total. The number of aromatic amines is 1. The number of aliphatic hydroxyl groups excluding tert-OH is 1. The average Bonchev–Trinajstić information content (AvgIpc) is 3.64. The first-order chi connectivity index (χ1) is 27.2. The van der Waals surface area contributed by atoms with Gasteiger partial charge in [0.2, 0.25) is 5.91 Å². The van der Waals surface area contributed by atoms with Crippen molar-refractivity contribution in [2.24, 2.45) is 0 Å². The number of nitrogens with one attached hydrogen (secondary N) is 3. The molecule has 0 saturated heterocycles. The molecule has 0 atom stereocenters. The van der Waals surface area contributed by atoms with Gasteiger partial charge in [0.1, 0.15) is 30.5 Å². The highest BCUT2D eigenvalue weighted by Crippen LogP contribution is 2.32. The molecule has 4 N–H and O–H groups in total. The molecule has 0 fully saturated rings. The standard InChI is InChI=1S/C42H41FN6O7/c1-26-6-3-9-36(47-26)41-40(48-37(49-41)25-46-35-8-4-7-33(39(35)43)42(53)56-21-18-50)29-13-16-34-30(22-29)23-32(24-45-34)55-20-17-44-38(52)10-5-19-54-31-14-11-28(12-15-31)27(2)51/h3-4,6-9,11-16,22-24,46,50H,5,10,17-21,25H2,1-2H3,(H,44,52)(H,48,49). The number of fused-ring (bicyclic) bond motifs is 1. The maximum absolute atomic E-state index is 15.2. The molecule has 0 saturated carbocycles. The summed E-state index contributed by atoms with van der Waals surface area (Å²) in [5.41, 5.74) is 4.74. The van der Waals surface area contributed by atoms with Gasteiger partial charge in [-0.25, -0.2) is 14.2 Å². The predicted octanol–water partition coefficient (Wildman–Crippen LogP) is 6.45. The molecule has 0 radical (unpaired) electrons. The number of amides is 1. The summed E-state index contributed by atoms with van der Waals surface area (Å²) in [6, 6.07) is 24.5. The van der Waals surface area contributed by atoms with Gasteiger partial charge in [-0.2, -0.15) is 0 Å². The van der Waals surface area contributed by atoms with Crippen LogP contribution in [0.3, 0.4) is 0 Å². The van der Waals surface area contributed by atoms with E-state index in [1.54, 1.807) is 30.5 Å². The highest BCUT2D eigenvalue weighted by Gasteiger charge is 2.19. The number of rotatable bonds is 18. The van der Waals surface area contributed by atoms with Crippen molar-refractivity contribution in [2.45, 2.75) is 33.2 Å². The van der Waals surface area contributed by atoms with Crippen molar-refractivity contribution in [1.82, 2.24) is 25.3 Å². The minimum absolute atomic E-state index is 0.00991. The number of aromatic nitrogens is 4. The lowest BCUT2D eigenvalue weighted by Gasteiger charge is -2.10. The topological polar surface area (TPSA) is 178 Å². The zero-order chi connectivity index (χ0) is 39.4. The number of esters is 1. The molecule has 14 heteroatoms. The number of H-pyrrole nitrogens is 1. The highest BCUT2D eigenvalue weighted by molar-refractivity contribution is 5.94. The minimum Gasteiger partial charge on any atom is -0.494 e. The molecule has 1 amide bonds. The molecule has 0 aliphatic rings. The Balaban J connectivity index is 1.09. The van der Waals surface area contributed by atoms with Gasteiger partial charge in [-0.1, -0.05) is 18.2 Å². The second-order valence-corrected chi connectivity index (χ2v) is 12.8. The third kappa shape index (κ3) is 10.1. The molecule has 56 heavy (non-hydrogen) atoms. The van der Waals surface area contributed by atoms with Crippen molar-refractivity contribution in [3.63, 3.8) is 0 Å². The van der Waals surface area contributed by atoms with Crippen molar-refractivity contribution >= 4 is 34.3 Å². The third-order valence-corrected chi connectivity index (χ3v) is 8.59. The van der Waals surface area contributed by atoms with Crippen LogP contribution in [0.2, 0.25) is 0 Å². The molecular weight excluding hydrogens is 719 g/mol. The van der Waals surface area contributed by atoms with Gasteiger partial charge < -0.3 is 34.9 Å². The van der Waals surface area contributed by atoms with Crippen LogP contribution in [0, 0.1) is 12.7 Å². The molecule has 0 unspecified atom stereocenters. The van der Waals surface area contributed by atoms with E-state index in [-0.39, 0.29) is 49.3 Å². The fraction of sp³-hybridized carbons (Fsp3) is 0.238. The van der Waals surface area contributed by atoms with E-state index in [0.717, 1.165) is 22.2 Å². The van der Waals surface area contributed by atoms with Gasteiger partial charge in [-0.3, -0.25) is 19.6 Å². The summed E-state index contributed by atoms with van der Waals surface area (Å²) >= 11 is 0. The third-order valence-electron chi connectivity index (χ3n) is 8.59. The SMILES string of the molecule is CC(=O)c1ccc(OCCCC(=O)NCCOc2cnc3ccc(-c4nc(CNc5cccc(C(=O)OCCO)c5F)[nH]c4-c4cccc(C)n4)cc3c2)cc1. The van der Waals surface area contributed by atoms with Crippen LogP contribution in [0.5, 0.6) is 11.5 Å².